The van der Waals surface area contributed by atoms with E-state index in [1.165, 1.54) is 6.92 Å². The van der Waals surface area contributed by atoms with E-state index in [1.54, 1.807) is 6.92 Å². The molecule has 0 spiro atoms. The summed E-state index contributed by atoms with van der Waals surface area (Å²) in [6.07, 6.45) is 0.477. The van der Waals surface area contributed by atoms with Gasteiger partial charge in [-0.25, -0.2) is 0 Å². The first kappa shape index (κ1) is 11.8. The van der Waals surface area contributed by atoms with Gasteiger partial charge in [-0.3, -0.25) is 14.4 Å². The SMILES string of the molecule is CCC(=O)CCOC(=O)CC(C)=O. The molecule has 0 aliphatic rings. The molecule has 0 aromatic heterocycles. The first-order valence-corrected chi connectivity index (χ1v) is 4.23. The molecule has 0 heterocycles. The fourth-order valence-electron chi connectivity index (χ4n) is 0.710. The van der Waals surface area contributed by atoms with E-state index in [0.29, 0.717) is 6.42 Å². The van der Waals surface area contributed by atoms with E-state index < -0.39 is 5.97 Å². The lowest BCUT2D eigenvalue weighted by Crippen LogP contribution is -2.11. The molecule has 0 saturated heterocycles. The van der Waals surface area contributed by atoms with E-state index in [0.717, 1.165) is 0 Å². The Kier molecular flexibility index (Phi) is 5.76. The van der Waals surface area contributed by atoms with Crippen molar-refractivity contribution < 1.29 is 19.1 Å². The zero-order valence-electron chi connectivity index (χ0n) is 7.96. The number of hydrogen-bond acceptors (Lipinski definition) is 4. The number of carbonyl (C=O) groups excluding carboxylic acids is 3. The second-order valence-corrected chi connectivity index (χ2v) is 2.74. The highest BCUT2D eigenvalue weighted by molar-refractivity contribution is 5.94. The van der Waals surface area contributed by atoms with Gasteiger partial charge in [0, 0.05) is 12.8 Å². The number of rotatable bonds is 6. The van der Waals surface area contributed by atoms with Crippen LogP contribution in [0, 0.1) is 0 Å². The molecule has 4 nitrogen and oxygen atoms in total. The van der Waals surface area contributed by atoms with E-state index in [2.05, 4.69) is 4.74 Å². The minimum Gasteiger partial charge on any atom is -0.465 e. The Morgan fingerprint density at radius 1 is 1.23 bits per heavy atom. The van der Waals surface area contributed by atoms with Gasteiger partial charge in [0.05, 0.1) is 6.61 Å². The summed E-state index contributed by atoms with van der Waals surface area (Å²) in [6, 6.07) is 0. The average Bonchev–Trinajstić information content (AvgIpc) is 2.02. The Morgan fingerprint density at radius 3 is 2.31 bits per heavy atom. The lowest BCUT2D eigenvalue weighted by molar-refractivity contribution is -0.146. The summed E-state index contributed by atoms with van der Waals surface area (Å²) >= 11 is 0. The average molecular weight is 186 g/mol. The van der Waals surface area contributed by atoms with Gasteiger partial charge < -0.3 is 4.74 Å². The third kappa shape index (κ3) is 7.18. The molecule has 0 aliphatic carbocycles. The quantitative estimate of drug-likeness (QED) is 0.456. The summed E-state index contributed by atoms with van der Waals surface area (Å²) in [4.78, 5) is 32.0. The normalized spacial score (nSPS) is 9.38. The smallest absolute Gasteiger partial charge is 0.313 e. The summed E-state index contributed by atoms with van der Waals surface area (Å²) in [5, 5.41) is 0. The van der Waals surface area contributed by atoms with Crippen molar-refractivity contribution in [1.82, 2.24) is 0 Å². The minimum atomic E-state index is -0.559. The van der Waals surface area contributed by atoms with E-state index in [1.807, 2.05) is 0 Å². The molecule has 0 aromatic rings. The van der Waals surface area contributed by atoms with E-state index >= 15 is 0 Å². The Hall–Kier alpha value is -1.19. The van der Waals surface area contributed by atoms with Gasteiger partial charge in [-0.05, 0) is 6.92 Å². The third-order valence-corrected chi connectivity index (χ3v) is 1.43. The Balaban J connectivity index is 3.48. The number of hydrogen-bond donors (Lipinski definition) is 0. The summed E-state index contributed by atoms with van der Waals surface area (Å²) < 4.78 is 4.64. The van der Waals surface area contributed by atoms with Crippen molar-refractivity contribution in [3.63, 3.8) is 0 Å². The fraction of sp³-hybridized carbons (Fsp3) is 0.667. The standard InChI is InChI=1S/C9H14O4/c1-3-8(11)4-5-13-9(12)6-7(2)10/h3-6H2,1-2H3. The number of Topliss-reactive ketones (excluding diaryl/α,β-unsaturated/α-hetero) is 2. The zero-order chi connectivity index (χ0) is 10.3. The molecule has 0 rings (SSSR count). The van der Waals surface area contributed by atoms with E-state index in [4.69, 9.17) is 0 Å². The van der Waals surface area contributed by atoms with Crippen LogP contribution < -0.4 is 0 Å². The fourth-order valence-corrected chi connectivity index (χ4v) is 0.710. The van der Waals surface area contributed by atoms with Crippen LogP contribution in [0.15, 0.2) is 0 Å². The second-order valence-electron chi connectivity index (χ2n) is 2.74. The van der Waals surface area contributed by atoms with Crippen LogP contribution in [0.5, 0.6) is 0 Å². The van der Waals surface area contributed by atoms with Crippen LogP contribution in [-0.4, -0.2) is 24.1 Å². The Bertz CT molecular complexity index is 208. The van der Waals surface area contributed by atoms with Crippen molar-refractivity contribution in [3.05, 3.63) is 0 Å². The first-order chi connectivity index (χ1) is 6.06. The van der Waals surface area contributed by atoms with Crippen molar-refractivity contribution in [2.75, 3.05) is 6.61 Å². The van der Waals surface area contributed by atoms with Crippen LogP contribution in [0.1, 0.15) is 33.1 Å². The predicted molar refractivity (Wildman–Crippen MR) is 46.2 cm³/mol. The molecule has 0 aromatic carbocycles. The van der Waals surface area contributed by atoms with Crippen molar-refractivity contribution in [2.24, 2.45) is 0 Å². The molecule has 0 unspecified atom stereocenters. The third-order valence-electron chi connectivity index (χ3n) is 1.43. The maximum absolute atomic E-state index is 10.8. The summed E-state index contributed by atoms with van der Waals surface area (Å²) in [5.41, 5.74) is 0. The Morgan fingerprint density at radius 2 is 1.85 bits per heavy atom. The number of ether oxygens (including phenoxy) is 1. The van der Waals surface area contributed by atoms with Crippen molar-refractivity contribution >= 4 is 17.5 Å². The van der Waals surface area contributed by atoms with Gasteiger partial charge >= 0.3 is 5.97 Å². The van der Waals surface area contributed by atoms with Gasteiger partial charge in [-0.15, -0.1) is 0 Å². The minimum absolute atomic E-state index is 0.0515. The number of esters is 1. The van der Waals surface area contributed by atoms with Crippen LogP contribution in [0.3, 0.4) is 0 Å². The van der Waals surface area contributed by atoms with Crippen molar-refractivity contribution in [1.29, 1.82) is 0 Å². The maximum Gasteiger partial charge on any atom is 0.313 e. The number of carbonyl (C=O) groups is 3. The lowest BCUT2D eigenvalue weighted by atomic mass is 10.2. The highest BCUT2D eigenvalue weighted by Crippen LogP contribution is 1.93. The van der Waals surface area contributed by atoms with Gasteiger partial charge in [-0.2, -0.15) is 0 Å². The molecule has 0 bridgehead atoms. The predicted octanol–water partition coefficient (Wildman–Crippen LogP) is 0.878. The molecule has 13 heavy (non-hydrogen) atoms. The lowest BCUT2D eigenvalue weighted by Gasteiger charge is -2.01. The molecular weight excluding hydrogens is 172 g/mol. The molecular formula is C9H14O4. The highest BCUT2D eigenvalue weighted by Gasteiger charge is 2.06. The summed E-state index contributed by atoms with van der Waals surface area (Å²) in [6.45, 7) is 3.15. The molecule has 0 fully saturated rings. The van der Waals surface area contributed by atoms with E-state index in [-0.39, 0.29) is 31.0 Å². The molecule has 0 amide bonds. The molecule has 0 radical (unpaired) electrons. The molecule has 4 heteroatoms. The molecule has 0 aliphatic heterocycles. The number of ketones is 2. The summed E-state index contributed by atoms with van der Waals surface area (Å²) in [7, 11) is 0. The second kappa shape index (κ2) is 6.34. The first-order valence-electron chi connectivity index (χ1n) is 4.23. The van der Waals surface area contributed by atoms with Crippen LogP contribution in [0.25, 0.3) is 0 Å². The van der Waals surface area contributed by atoms with Gasteiger partial charge in [0.25, 0.3) is 0 Å². The molecule has 0 N–H and O–H groups in total. The van der Waals surface area contributed by atoms with Crippen LogP contribution in [-0.2, 0) is 19.1 Å². The highest BCUT2D eigenvalue weighted by atomic mass is 16.5. The maximum atomic E-state index is 10.8. The largest absolute Gasteiger partial charge is 0.465 e. The molecule has 0 atom stereocenters. The zero-order valence-corrected chi connectivity index (χ0v) is 7.96. The topological polar surface area (TPSA) is 60.4 Å². The molecule has 74 valence electrons. The van der Waals surface area contributed by atoms with Gasteiger partial charge in [0.15, 0.2) is 0 Å². The monoisotopic (exact) mass is 186 g/mol. The van der Waals surface area contributed by atoms with Gasteiger partial charge in [0.1, 0.15) is 18.0 Å². The Labute approximate surface area is 77.3 Å². The van der Waals surface area contributed by atoms with E-state index in [9.17, 15) is 14.4 Å². The molecule has 0 saturated carbocycles. The van der Waals surface area contributed by atoms with Gasteiger partial charge in [0.2, 0.25) is 0 Å². The van der Waals surface area contributed by atoms with Crippen LogP contribution in [0.2, 0.25) is 0 Å². The van der Waals surface area contributed by atoms with Crippen LogP contribution in [0.4, 0.5) is 0 Å². The van der Waals surface area contributed by atoms with Gasteiger partial charge in [-0.1, -0.05) is 6.92 Å². The van der Waals surface area contributed by atoms with Crippen molar-refractivity contribution in [3.8, 4) is 0 Å². The summed E-state index contributed by atoms with van der Waals surface area (Å²) in [5.74, 6) is -0.737. The van der Waals surface area contributed by atoms with Crippen molar-refractivity contribution in [2.45, 2.75) is 33.1 Å². The van der Waals surface area contributed by atoms with Crippen LogP contribution >= 0.6 is 0 Å².